The molecule has 0 aliphatic rings. The maximum absolute atomic E-state index is 12.1. The minimum absolute atomic E-state index is 0.0148. The molecule has 24 heavy (non-hydrogen) atoms. The number of amides is 1. The first-order valence-corrected chi connectivity index (χ1v) is 7.34. The topological polar surface area (TPSA) is 93.5 Å². The molecule has 7 nitrogen and oxygen atoms in total. The average molecular weight is 329 g/mol. The van der Waals surface area contributed by atoms with Crippen LogP contribution in [-0.2, 0) is 4.79 Å². The molecule has 2 aromatic carbocycles. The first-order valence-electron chi connectivity index (χ1n) is 7.34. The molecule has 0 aromatic heterocycles. The van der Waals surface area contributed by atoms with E-state index in [1.165, 1.54) is 19.2 Å². The van der Waals surface area contributed by atoms with Crippen molar-refractivity contribution in [2.45, 2.75) is 13.8 Å². The van der Waals surface area contributed by atoms with Gasteiger partial charge >= 0.3 is 0 Å². The highest BCUT2D eigenvalue weighted by atomic mass is 16.6. The van der Waals surface area contributed by atoms with Crippen LogP contribution in [0.5, 0.6) is 5.75 Å². The van der Waals surface area contributed by atoms with E-state index in [9.17, 15) is 14.9 Å². The highest BCUT2D eigenvalue weighted by Gasteiger charge is 2.11. The first-order chi connectivity index (χ1) is 11.4. The monoisotopic (exact) mass is 329 g/mol. The lowest BCUT2D eigenvalue weighted by molar-refractivity contribution is -0.384. The van der Waals surface area contributed by atoms with Gasteiger partial charge in [0.05, 0.1) is 24.3 Å². The van der Waals surface area contributed by atoms with Gasteiger partial charge in [-0.2, -0.15) is 0 Å². The van der Waals surface area contributed by atoms with Crippen LogP contribution in [0.25, 0.3) is 0 Å². The Hall–Kier alpha value is -3.09. The van der Waals surface area contributed by atoms with Crippen LogP contribution in [-0.4, -0.2) is 24.5 Å². The van der Waals surface area contributed by atoms with E-state index >= 15 is 0 Å². The smallest absolute Gasteiger partial charge is 0.271 e. The van der Waals surface area contributed by atoms with Gasteiger partial charge in [-0.15, -0.1) is 0 Å². The highest BCUT2D eigenvalue weighted by molar-refractivity contribution is 5.95. The summed E-state index contributed by atoms with van der Waals surface area (Å²) in [5.74, 6) is 0.297. The standard InChI is InChI=1S/C17H19N3O4/c1-11-4-7-16(24-3)15(8-11)19-17(21)10-18-14-9-13(20(22)23)6-5-12(14)2/h4-9,18H,10H2,1-3H3,(H,19,21). The summed E-state index contributed by atoms with van der Waals surface area (Å²) < 4.78 is 5.22. The van der Waals surface area contributed by atoms with E-state index in [1.807, 2.05) is 26.0 Å². The summed E-state index contributed by atoms with van der Waals surface area (Å²) in [6.45, 7) is 3.71. The third kappa shape index (κ3) is 4.22. The number of methoxy groups -OCH3 is 1. The molecule has 0 spiro atoms. The molecule has 126 valence electrons. The van der Waals surface area contributed by atoms with Crippen LogP contribution >= 0.6 is 0 Å². The van der Waals surface area contributed by atoms with Gasteiger partial charge in [0, 0.05) is 17.8 Å². The Kier molecular flexibility index (Phi) is 5.36. The number of carbonyl (C=O) groups is 1. The van der Waals surface area contributed by atoms with E-state index in [0.29, 0.717) is 17.1 Å². The number of nitro benzene ring substituents is 1. The minimum atomic E-state index is -0.470. The van der Waals surface area contributed by atoms with Gasteiger partial charge in [-0.05, 0) is 37.1 Å². The maximum atomic E-state index is 12.1. The van der Waals surface area contributed by atoms with Crippen LogP contribution in [0, 0.1) is 24.0 Å². The number of nitro groups is 1. The van der Waals surface area contributed by atoms with Gasteiger partial charge in [0.1, 0.15) is 5.75 Å². The van der Waals surface area contributed by atoms with Crippen molar-refractivity contribution in [2.75, 3.05) is 24.3 Å². The van der Waals surface area contributed by atoms with Gasteiger partial charge in [-0.25, -0.2) is 0 Å². The summed E-state index contributed by atoms with van der Waals surface area (Å²) >= 11 is 0. The number of nitrogens with one attached hydrogen (secondary N) is 2. The van der Waals surface area contributed by atoms with Crippen LogP contribution in [0.15, 0.2) is 36.4 Å². The molecule has 1 amide bonds. The number of nitrogens with zero attached hydrogens (tertiary/aromatic N) is 1. The van der Waals surface area contributed by atoms with Crippen molar-refractivity contribution in [3.8, 4) is 5.75 Å². The van der Waals surface area contributed by atoms with Crippen LogP contribution in [0.3, 0.4) is 0 Å². The van der Waals surface area contributed by atoms with E-state index in [1.54, 1.807) is 12.1 Å². The molecule has 0 atom stereocenters. The minimum Gasteiger partial charge on any atom is -0.495 e. The Morgan fingerprint density at radius 2 is 1.92 bits per heavy atom. The van der Waals surface area contributed by atoms with Crippen molar-refractivity contribution in [1.82, 2.24) is 0 Å². The summed E-state index contributed by atoms with van der Waals surface area (Å²) in [5.41, 5.74) is 2.93. The second kappa shape index (κ2) is 7.45. The molecule has 2 N–H and O–H groups in total. The Morgan fingerprint density at radius 3 is 2.58 bits per heavy atom. The number of anilines is 2. The zero-order valence-corrected chi connectivity index (χ0v) is 13.8. The highest BCUT2D eigenvalue weighted by Crippen LogP contribution is 2.25. The predicted molar refractivity (Wildman–Crippen MR) is 92.7 cm³/mol. The fraction of sp³-hybridized carbons (Fsp3) is 0.235. The Bertz CT molecular complexity index is 774. The van der Waals surface area contributed by atoms with Crippen molar-refractivity contribution < 1.29 is 14.5 Å². The molecule has 0 bridgehead atoms. The predicted octanol–water partition coefficient (Wildman–Crippen LogP) is 3.27. The number of aryl methyl sites for hydroxylation is 2. The van der Waals surface area contributed by atoms with E-state index in [-0.39, 0.29) is 18.1 Å². The van der Waals surface area contributed by atoms with Gasteiger partial charge in [-0.1, -0.05) is 12.1 Å². The largest absolute Gasteiger partial charge is 0.495 e. The second-order valence-electron chi connectivity index (χ2n) is 5.36. The van der Waals surface area contributed by atoms with Crippen molar-refractivity contribution in [3.63, 3.8) is 0 Å². The van der Waals surface area contributed by atoms with Crippen LogP contribution < -0.4 is 15.4 Å². The van der Waals surface area contributed by atoms with Gasteiger partial charge in [-0.3, -0.25) is 14.9 Å². The zero-order valence-electron chi connectivity index (χ0n) is 13.8. The third-order valence-electron chi connectivity index (χ3n) is 3.50. The van der Waals surface area contributed by atoms with Crippen molar-refractivity contribution in [1.29, 1.82) is 0 Å². The Morgan fingerprint density at radius 1 is 1.17 bits per heavy atom. The molecule has 0 saturated heterocycles. The molecular formula is C17H19N3O4. The Labute approximate surface area is 139 Å². The van der Waals surface area contributed by atoms with E-state index < -0.39 is 4.92 Å². The lowest BCUT2D eigenvalue weighted by Gasteiger charge is -2.12. The summed E-state index contributed by atoms with van der Waals surface area (Å²) in [5, 5.41) is 16.5. The summed E-state index contributed by atoms with van der Waals surface area (Å²) in [4.78, 5) is 22.5. The molecule has 0 saturated carbocycles. The van der Waals surface area contributed by atoms with E-state index in [2.05, 4.69) is 10.6 Å². The number of hydrogen-bond donors (Lipinski definition) is 2. The molecule has 0 radical (unpaired) electrons. The summed E-state index contributed by atoms with van der Waals surface area (Å²) in [6, 6.07) is 9.97. The van der Waals surface area contributed by atoms with E-state index in [0.717, 1.165) is 11.1 Å². The van der Waals surface area contributed by atoms with Gasteiger partial charge in [0.15, 0.2) is 0 Å². The number of carbonyl (C=O) groups excluding carboxylic acids is 1. The lowest BCUT2D eigenvalue weighted by atomic mass is 10.2. The van der Waals surface area contributed by atoms with Crippen LogP contribution in [0.2, 0.25) is 0 Å². The maximum Gasteiger partial charge on any atom is 0.271 e. The quantitative estimate of drug-likeness (QED) is 0.626. The van der Waals surface area contributed by atoms with Crippen LogP contribution in [0.4, 0.5) is 17.1 Å². The molecule has 7 heteroatoms. The van der Waals surface area contributed by atoms with Crippen LogP contribution in [0.1, 0.15) is 11.1 Å². The molecule has 0 fully saturated rings. The molecule has 0 heterocycles. The lowest BCUT2D eigenvalue weighted by Crippen LogP contribution is -2.22. The Balaban J connectivity index is 2.05. The zero-order chi connectivity index (χ0) is 17.7. The molecule has 2 rings (SSSR count). The first kappa shape index (κ1) is 17.3. The van der Waals surface area contributed by atoms with Crippen molar-refractivity contribution in [3.05, 3.63) is 57.6 Å². The second-order valence-corrected chi connectivity index (χ2v) is 5.36. The number of ether oxygens (including phenoxy) is 1. The number of rotatable bonds is 6. The SMILES string of the molecule is COc1ccc(C)cc1NC(=O)CNc1cc([N+](=O)[O-])ccc1C. The van der Waals surface area contributed by atoms with Gasteiger partial charge < -0.3 is 15.4 Å². The fourth-order valence-electron chi connectivity index (χ4n) is 2.20. The normalized spacial score (nSPS) is 10.1. The van der Waals surface area contributed by atoms with Crippen molar-refractivity contribution >= 4 is 23.0 Å². The van der Waals surface area contributed by atoms with Gasteiger partial charge in [0.25, 0.3) is 5.69 Å². The molecule has 2 aromatic rings. The fourth-order valence-corrected chi connectivity index (χ4v) is 2.20. The number of non-ortho nitro benzene ring substituents is 1. The average Bonchev–Trinajstić information content (AvgIpc) is 2.54. The molecule has 0 aliphatic heterocycles. The third-order valence-corrected chi connectivity index (χ3v) is 3.50. The summed E-state index contributed by atoms with van der Waals surface area (Å²) in [7, 11) is 1.53. The molecular weight excluding hydrogens is 310 g/mol. The molecule has 0 unspecified atom stereocenters. The number of hydrogen-bond acceptors (Lipinski definition) is 5. The van der Waals surface area contributed by atoms with E-state index in [4.69, 9.17) is 4.74 Å². The van der Waals surface area contributed by atoms with Crippen molar-refractivity contribution in [2.24, 2.45) is 0 Å². The summed E-state index contributed by atoms with van der Waals surface area (Å²) in [6.07, 6.45) is 0. The number of benzene rings is 2. The van der Waals surface area contributed by atoms with Gasteiger partial charge in [0.2, 0.25) is 5.91 Å². The molecule has 0 aliphatic carbocycles.